The van der Waals surface area contributed by atoms with Gasteiger partial charge in [0.05, 0.1) is 6.54 Å². The van der Waals surface area contributed by atoms with Crippen LogP contribution in [0.25, 0.3) is 0 Å². The first kappa shape index (κ1) is 20.9. The van der Waals surface area contributed by atoms with Gasteiger partial charge in [-0.2, -0.15) is 0 Å². The molecule has 1 unspecified atom stereocenters. The van der Waals surface area contributed by atoms with E-state index in [1.165, 1.54) is 0 Å². The molecule has 1 N–H and O–H groups in total. The predicted octanol–water partition coefficient (Wildman–Crippen LogP) is 0.779. The molecule has 8 heteroatoms. The van der Waals surface area contributed by atoms with Crippen molar-refractivity contribution in [2.45, 2.75) is 64.6 Å². The van der Waals surface area contributed by atoms with Crippen molar-refractivity contribution in [2.75, 3.05) is 19.6 Å². The van der Waals surface area contributed by atoms with E-state index in [2.05, 4.69) is 5.32 Å². The summed E-state index contributed by atoms with van der Waals surface area (Å²) in [7, 11) is 0. The Morgan fingerprint density at radius 2 is 1.84 bits per heavy atom. The molecule has 1 aliphatic heterocycles. The minimum atomic E-state index is -0.579. The van der Waals surface area contributed by atoms with Crippen LogP contribution in [0.15, 0.2) is 0 Å². The molecule has 25 heavy (non-hydrogen) atoms. The van der Waals surface area contributed by atoms with E-state index in [1.54, 1.807) is 25.7 Å². The minimum Gasteiger partial charge on any atom is -0.460 e. The van der Waals surface area contributed by atoms with Gasteiger partial charge in [0.1, 0.15) is 18.2 Å². The molecule has 0 aromatic heterocycles. The summed E-state index contributed by atoms with van der Waals surface area (Å²) in [6, 6.07) is 0. The number of ether oxygens (including phenoxy) is 2. The monoisotopic (exact) mass is 356 g/mol. The van der Waals surface area contributed by atoms with Crippen molar-refractivity contribution in [3.05, 3.63) is 0 Å². The third kappa shape index (κ3) is 9.69. The summed E-state index contributed by atoms with van der Waals surface area (Å²) in [4.78, 5) is 47.0. The number of esters is 2. The van der Waals surface area contributed by atoms with Crippen molar-refractivity contribution in [2.24, 2.45) is 0 Å². The zero-order chi connectivity index (χ0) is 18.9. The molecular formula is C17H28N2O6. The zero-order valence-corrected chi connectivity index (χ0v) is 15.2. The Morgan fingerprint density at radius 1 is 1.16 bits per heavy atom. The molecule has 1 rings (SSSR count). The number of likely N-dealkylation sites (tertiary alicyclic amines) is 1. The highest BCUT2D eigenvalue weighted by Gasteiger charge is 2.24. The topological polar surface area (TPSA) is 102 Å². The summed E-state index contributed by atoms with van der Waals surface area (Å²) in [5, 5.41) is 2.49. The van der Waals surface area contributed by atoms with E-state index in [-0.39, 0.29) is 37.4 Å². The van der Waals surface area contributed by atoms with Crippen LogP contribution in [0.4, 0.5) is 0 Å². The second-order valence-electron chi connectivity index (χ2n) is 7.07. The summed E-state index contributed by atoms with van der Waals surface area (Å²) in [5.41, 5.74) is -0.579. The number of unbranched alkanes of at least 4 members (excludes halogenated alkanes) is 1. The average molecular weight is 356 g/mol. The number of carbonyl (C=O) groups is 4. The first-order valence-corrected chi connectivity index (χ1v) is 8.57. The van der Waals surface area contributed by atoms with Gasteiger partial charge in [-0.25, -0.2) is 0 Å². The van der Waals surface area contributed by atoms with Crippen LogP contribution in [-0.2, 0) is 28.7 Å². The molecule has 0 bridgehead atoms. The van der Waals surface area contributed by atoms with Gasteiger partial charge < -0.3 is 19.7 Å². The standard InChI is InChI=1S/C17H28N2O6/c1-17(2,3)25-16(23)10-18-14(21)6-4-5-7-15(22)24-13-8-9-19(11-13)12-20/h12-13H,4-11H2,1-3H3,(H,18,21). The number of amides is 2. The van der Waals surface area contributed by atoms with Gasteiger partial charge in [-0.3, -0.25) is 19.2 Å². The lowest BCUT2D eigenvalue weighted by Crippen LogP contribution is -2.34. The van der Waals surface area contributed by atoms with Gasteiger partial charge in [-0.05, 0) is 33.6 Å². The van der Waals surface area contributed by atoms with Crippen LogP contribution >= 0.6 is 0 Å². The van der Waals surface area contributed by atoms with E-state index in [4.69, 9.17) is 9.47 Å². The fourth-order valence-electron chi connectivity index (χ4n) is 2.38. The Kier molecular flexibility index (Phi) is 8.37. The maximum Gasteiger partial charge on any atom is 0.325 e. The Balaban J connectivity index is 2.06. The molecule has 1 heterocycles. The van der Waals surface area contributed by atoms with Crippen molar-refractivity contribution < 1.29 is 28.7 Å². The fourth-order valence-corrected chi connectivity index (χ4v) is 2.38. The van der Waals surface area contributed by atoms with E-state index in [1.807, 2.05) is 0 Å². The van der Waals surface area contributed by atoms with Crippen LogP contribution in [0, 0.1) is 0 Å². The molecule has 0 aromatic rings. The van der Waals surface area contributed by atoms with Crippen molar-refractivity contribution in [1.82, 2.24) is 10.2 Å². The van der Waals surface area contributed by atoms with Crippen molar-refractivity contribution >= 4 is 24.3 Å². The maximum absolute atomic E-state index is 11.7. The van der Waals surface area contributed by atoms with Crippen LogP contribution in [0.5, 0.6) is 0 Å². The second-order valence-corrected chi connectivity index (χ2v) is 7.07. The van der Waals surface area contributed by atoms with Gasteiger partial charge in [0.15, 0.2) is 0 Å². The molecule has 8 nitrogen and oxygen atoms in total. The van der Waals surface area contributed by atoms with Gasteiger partial charge in [0.2, 0.25) is 12.3 Å². The smallest absolute Gasteiger partial charge is 0.325 e. The summed E-state index contributed by atoms with van der Waals surface area (Å²) in [5.74, 6) is -1.05. The molecule has 0 spiro atoms. The van der Waals surface area contributed by atoms with Crippen LogP contribution in [0.2, 0.25) is 0 Å². The molecule has 2 amide bonds. The number of hydrogen-bond donors (Lipinski definition) is 1. The second kappa shape index (κ2) is 10.0. The molecule has 1 saturated heterocycles. The van der Waals surface area contributed by atoms with Crippen LogP contribution < -0.4 is 5.32 Å². The largest absolute Gasteiger partial charge is 0.460 e. The molecule has 0 aliphatic carbocycles. The van der Waals surface area contributed by atoms with Crippen molar-refractivity contribution in [1.29, 1.82) is 0 Å². The third-order valence-corrected chi connectivity index (χ3v) is 3.51. The quantitative estimate of drug-likeness (QED) is 0.372. The van der Waals surface area contributed by atoms with Crippen LogP contribution in [0.1, 0.15) is 52.9 Å². The van der Waals surface area contributed by atoms with Crippen LogP contribution in [-0.4, -0.2) is 60.5 Å². The number of hydrogen-bond acceptors (Lipinski definition) is 6. The SMILES string of the molecule is CC(C)(C)OC(=O)CNC(=O)CCCCC(=O)OC1CCN(C=O)C1. The molecule has 142 valence electrons. The van der Waals surface area contributed by atoms with Gasteiger partial charge in [-0.1, -0.05) is 0 Å². The number of rotatable bonds is 9. The summed E-state index contributed by atoms with van der Waals surface area (Å²) in [6.45, 7) is 6.17. The molecule has 1 atom stereocenters. The average Bonchev–Trinajstić information content (AvgIpc) is 2.95. The summed E-state index contributed by atoms with van der Waals surface area (Å²) in [6.07, 6.45) is 2.72. The summed E-state index contributed by atoms with van der Waals surface area (Å²) < 4.78 is 10.4. The third-order valence-electron chi connectivity index (χ3n) is 3.51. The lowest BCUT2D eigenvalue weighted by atomic mass is 10.2. The zero-order valence-electron chi connectivity index (χ0n) is 15.2. The molecule has 1 aliphatic rings. The Hall–Kier alpha value is -2.12. The fraction of sp³-hybridized carbons (Fsp3) is 0.765. The molecule has 0 saturated carbocycles. The van der Waals surface area contributed by atoms with E-state index in [0.717, 1.165) is 6.41 Å². The summed E-state index contributed by atoms with van der Waals surface area (Å²) >= 11 is 0. The van der Waals surface area contributed by atoms with E-state index in [9.17, 15) is 19.2 Å². The van der Waals surface area contributed by atoms with Gasteiger partial charge in [0.25, 0.3) is 0 Å². The van der Waals surface area contributed by atoms with Crippen molar-refractivity contribution in [3.8, 4) is 0 Å². The number of nitrogens with zero attached hydrogens (tertiary/aromatic N) is 1. The Labute approximate surface area is 148 Å². The van der Waals surface area contributed by atoms with Gasteiger partial charge >= 0.3 is 11.9 Å². The normalized spacial score (nSPS) is 17.1. The lowest BCUT2D eigenvalue weighted by Gasteiger charge is -2.19. The number of carbonyl (C=O) groups excluding carboxylic acids is 4. The Morgan fingerprint density at radius 3 is 2.44 bits per heavy atom. The van der Waals surface area contributed by atoms with E-state index < -0.39 is 11.6 Å². The van der Waals surface area contributed by atoms with Crippen LogP contribution in [0.3, 0.4) is 0 Å². The molecular weight excluding hydrogens is 328 g/mol. The highest BCUT2D eigenvalue weighted by molar-refractivity contribution is 5.82. The van der Waals surface area contributed by atoms with Gasteiger partial charge in [-0.15, -0.1) is 0 Å². The van der Waals surface area contributed by atoms with E-state index >= 15 is 0 Å². The van der Waals surface area contributed by atoms with Gasteiger partial charge in [0, 0.05) is 25.8 Å². The lowest BCUT2D eigenvalue weighted by molar-refractivity contribution is -0.154. The molecule has 1 fully saturated rings. The first-order valence-electron chi connectivity index (χ1n) is 8.57. The number of nitrogens with one attached hydrogen (secondary N) is 1. The van der Waals surface area contributed by atoms with Crippen molar-refractivity contribution in [3.63, 3.8) is 0 Å². The Bertz CT molecular complexity index is 486. The first-order chi connectivity index (χ1) is 11.7. The minimum absolute atomic E-state index is 0.160. The van der Waals surface area contributed by atoms with E-state index in [0.29, 0.717) is 32.4 Å². The highest BCUT2D eigenvalue weighted by Crippen LogP contribution is 2.12. The maximum atomic E-state index is 11.7. The highest BCUT2D eigenvalue weighted by atomic mass is 16.6. The molecule has 0 radical (unpaired) electrons. The molecule has 0 aromatic carbocycles. The predicted molar refractivity (Wildman–Crippen MR) is 89.5 cm³/mol.